The minimum atomic E-state index is -1.01. The fourth-order valence-electron chi connectivity index (χ4n) is 5.92. The Morgan fingerprint density at radius 2 is 1.83 bits per heavy atom. The summed E-state index contributed by atoms with van der Waals surface area (Å²) in [7, 11) is 1.69. The molecule has 0 bridgehead atoms. The summed E-state index contributed by atoms with van der Waals surface area (Å²) in [6.45, 7) is 5.56. The van der Waals surface area contributed by atoms with Gasteiger partial charge in [0.15, 0.2) is 11.6 Å². The molecule has 2 aromatic carbocycles. The fourth-order valence-corrected chi connectivity index (χ4v) is 5.92. The first kappa shape index (κ1) is 29.3. The molecule has 3 N–H and O–H groups in total. The Morgan fingerprint density at radius 3 is 2.52 bits per heavy atom. The second kappa shape index (κ2) is 11.2. The Morgan fingerprint density at radius 1 is 1.12 bits per heavy atom. The van der Waals surface area contributed by atoms with Crippen molar-refractivity contribution in [2.75, 3.05) is 24.2 Å². The SMILES string of the molecule is CNCc1cc(F)c(F)cc1CN(C(=O)C(C)(C)C)C(C=O)CNc1ccc2c(c1)CC1(C2)C(=O)Nc2ncccc21. The molecule has 1 aromatic heterocycles. The van der Waals surface area contributed by atoms with Gasteiger partial charge in [-0.2, -0.15) is 0 Å². The van der Waals surface area contributed by atoms with Crippen LogP contribution >= 0.6 is 0 Å². The van der Waals surface area contributed by atoms with Crippen molar-refractivity contribution in [1.82, 2.24) is 15.2 Å². The minimum Gasteiger partial charge on any atom is -0.383 e. The maximum Gasteiger partial charge on any atom is 0.237 e. The van der Waals surface area contributed by atoms with Crippen LogP contribution in [0.4, 0.5) is 20.3 Å². The smallest absolute Gasteiger partial charge is 0.237 e. The van der Waals surface area contributed by atoms with Gasteiger partial charge in [0.25, 0.3) is 0 Å². The molecule has 220 valence electrons. The summed E-state index contributed by atoms with van der Waals surface area (Å²) >= 11 is 0. The van der Waals surface area contributed by atoms with Gasteiger partial charge in [0.05, 0.1) is 5.41 Å². The maximum atomic E-state index is 14.3. The molecule has 0 fully saturated rings. The van der Waals surface area contributed by atoms with Gasteiger partial charge < -0.3 is 25.6 Å². The van der Waals surface area contributed by atoms with Crippen molar-refractivity contribution in [1.29, 1.82) is 0 Å². The number of halogens is 2. The van der Waals surface area contributed by atoms with Crippen LogP contribution in [0, 0.1) is 17.0 Å². The number of nitrogens with zero attached hydrogens (tertiary/aromatic N) is 2. The molecule has 8 nitrogen and oxygen atoms in total. The number of rotatable bonds is 9. The van der Waals surface area contributed by atoms with Crippen molar-refractivity contribution in [2.45, 2.75) is 58.2 Å². The number of fused-ring (bicyclic) bond motifs is 3. The zero-order valence-corrected chi connectivity index (χ0v) is 24.2. The van der Waals surface area contributed by atoms with E-state index in [1.807, 2.05) is 30.3 Å². The van der Waals surface area contributed by atoms with E-state index >= 15 is 0 Å². The predicted molar refractivity (Wildman–Crippen MR) is 156 cm³/mol. The molecule has 2 aliphatic rings. The number of anilines is 2. The van der Waals surface area contributed by atoms with Crippen molar-refractivity contribution in [3.8, 4) is 0 Å². The number of amides is 2. The maximum absolute atomic E-state index is 14.3. The molecule has 3 aromatic rings. The average molecular weight is 576 g/mol. The number of hydrogen-bond donors (Lipinski definition) is 3. The second-order valence-corrected chi connectivity index (χ2v) is 12.1. The Balaban J connectivity index is 1.37. The third-order valence-corrected chi connectivity index (χ3v) is 8.11. The van der Waals surface area contributed by atoms with E-state index in [0.717, 1.165) is 34.5 Å². The van der Waals surface area contributed by atoms with Gasteiger partial charge in [0.2, 0.25) is 11.8 Å². The highest BCUT2D eigenvalue weighted by Crippen LogP contribution is 2.47. The molecular formula is C32H35F2N5O3. The van der Waals surface area contributed by atoms with Crippen LogP contribution in [-0.4, -0.2) is 47.6 Å². The number of nitrogens with one attached hydrogen (secondary N) is 3. The number of carbonyl (C=O) groups excluding carboxylic acids is 3. The molecule has 42 heavy (non-hydrogen) atoms. The molecule has 0 radical (unpaired) electrons. The molecule has 0 saturated carbocycles. The van der Waals surface area contributed by atoms with Crippen molar-refractivity contribution in [3.05, 3.63) is 88.1 Å². The Kier molecular flexibility index (Phi) is 7.85. The van der Waals surface area contributed by atoms with Gasteiger partial charge in [-0.05, 0) is 72.5 Å². The standard InChI is InChI=1S/C32H35F2N5O3/c1-31(2,3)30(42)39(17-22-12-27(34)26(33)11-21(22)15-35-4)24(18-40)16-37-23-8-7-19-13-32(14-20(19)10-23)25-6-5-9-36-28(25)38-29(32)41/h5-12,18,24,35,37H,13-17H2,1-4H3,(H,36,38,41). The zero-order chi connectivity index (χ0) is 30.2. The van der Waals surface area contributed by atoms with Gasteiger partial charge in [-0.25, -0.2) is 13.8 Å². The van der Waals surface area contributed by atoms with E-state index in [1.165, 1.54) is 4.90 Å². The van der Waals surface area contributed by atoms with Gasteiger partial charge in [0, 0.05) is 42.5 Å². The van der Waals surface area contributed by atoms with Gasteiger partial charge >= 0.3 is 0 Å². The van der Waals surface area contributed by atoms with E-state index in [-0.39, 0.29) is 31.4 Å². The summed E-state index contributed by atoms with van der Waals surface area (Å²) in [5.74, 6) is -1.74. The highest BCUT2D eigenvalue weighted by molar-refractivity contribution is 6.06. The highest BCUT2D eigenvalue weighted by atomic mass is 19.2. The quantitative estimate of drug-likeness (QED) is 0.332. The van der Waals surface area contributed by atoms with Crippen LogP contribution in [-0.2, 0) is 45.7 Å². The van der Waals surface area contributed by atoms with Gasteiger partial charge in [0.1, 0.15) is 18.1 Å². The van der Waals surface area contributed by atoms with E-state index < -0.39 is 28.5 Å². The van der Waals surface area contributed by atoms with E-state index in [1.54, 1.807) is 34.0 Å². The Hall–Kier alpha value is -4.18. The van der Waals surface area contributed by atoms with Crippen LogP contribution in [0.3, 0.4) is 0 Å². The molecule has 1 spiro atoms. The van der Waals surface area contributed by atoms with Crippen LogP contribution in [0.2, 0.25) is 0 Å². The van der Waals surface area contributed by atoms with Crippen molar-refractivity contribution in [2.24, 2.45) is 5.41 Å². The van der Waals surface area contributed by atoms with Crippen LogP contribution in [0.15, 0.2) is 48.7 Å². The number of benzene rings is 2. The largest absolute Gasteiger partial charge is 0.383 e. The topological polar surface area (TPSA) is 103 Å². The summed E-state index contributed by atoms with van der Waals surface area (Å²) in [5, 5.41) is 9.13. The van der Waals surface area contributed by atoms with Gasteiger partial charge in [-0.3, -0.25) is 9.59 Å². The highest BCUT2D eigenvalue weighted by Gasteiger charge is 2.51. The minimum absolute atomic E-state index is 0.0610. The van der Waals surface area contributed by atoms with Gasteiger partial charge in [-0.1, -0.05) is 32.9 Å². The van der Waals surface area contributed by atoms with E-state index in [4.69, 9.17) is 0 Å². The normalized spacial score (nSPS) is 17.9. The Labute approximate surface area is 243 Å². The Bertz CT molecular complexity index is 1550. The molecule has 0 saturated heterocycles. The summed E-state index contributed by atoms with van der Waals surface area (Å²) < 4.78 is 28.3. The van der Waals surface area contributed by atoms with E-state index in [2.05, 4.69) is 20.9 Å². The first-order valence-corrected chi connectivity index (χ1v) is 14.0. The summed E-state index contributed by atoms with van der Waals surface area (Å²) in [4.78, 5) is 44.7. The molecular weight excluding hydrogens is 540 g/mol. The first-order chi connectivity index (χ1) is 20.0. The lowest BCUT2D eigenvalue weighted by atomic mass is 9.79. The molecule has 2 heterocycles. The lowest BCUT2D eigenvalue weighted by Gasteiger charge is -2.34. The number of hydrogen-bond acceptors (Lipinski definition) is 6. The molecule has 2 amide bonds. The summed E-state index contributed by atoms with van der Waals surface area (Å²) in [6.07, 6.45) is 3.45. The summed E-state index contributed by atoms with van der Waals surface area (Å²) in [5.41, 5.74) is 3.14. The number of pyridine rings is 1. The molecule has 10 heteroatoms. The summed E-state index contributed by atoms with van der Waals surface area (Å²) in [6, 6.07) is 10.9. The lowest BCUT2D eigenvalue weighted by molar-refractivity contribution is -0.144. The fraction of sp³-hybridized carbons (Fsp3) is 0.375. The third-order valence-electron chi connectivity index (χ3n) is 8.11. The van der Waals surface area contributed by atoms with E-state index in [9.17, 15) is 23.2 Å². The monoisotopic (exact) mass is 575 g/mol. The van der Waals surface area contributed by atoms with Crippen LogP contribution in [0.1, 0.15) is 48.6 Å². The van der Waals surface area contributed by atoms with E-state index in [0.29, 0.717) is 36.1 Å². The third kappa shape index (κ3) is 5.38. The number of carbonyl (C=O) groups is 3. The molecule has 5 rings (SSSR count). The van der Waals surface area contributed by atoms with Gasteiger partial charge in [-0.15, -0.1) is 0 Å². The molecule has 1 aliphatic carbocycles. The molecule has 1 aliphatic heterocycles. The molecule has 2 unspecified atom stereocenters. The van der Waals surface area contributed by atoms with Crippen molar-refractivity contribution < 1.29 is 23.2 Å². The van der Waals surface area contributed by atoms with Crippen molar-refractivity contribution >= 4 is 29.6 Å². The average Bonchev–Trinajstić information content (AvgIpc) is 3.46. The van der Waals surface area contributed by atoms with Crippen molar-refractivity contribution in [3.63, 3.8) is 0 Å². The number of aromatic nitrogens is 1. The second-order valence-electron chi connectivity index (χ2n) is 12.1. The predicted octanol–water partition coefficient (Wildman–Crippen LogP) is 4.12. The van der Waals surface area contributed by atoms with Crippen LogP contribution < -0.4 is 16.0 Å². The lowest BCUT2D eigenvalue weighted by Crippen LogP contribution is -2.49. The zero-order valence-electron chi connectivity index (χ0n) is 24.2. The molecule has 2 atom stereocenters. The first-order valence-electron chi connectivity index (χ1n) is 14.0. The van der Waals surface area contributed by atoms with Crippen LogP contribution in [0.5, 0.6) is 0 Å². The van der Waals surface area contributed by atoms with Crippen LogP contribution in [0.25, 0.3) is 0 Å². The number of aldehydes is 1.